The lowest BCUT2D eigenvalue weighted by molar-refractivity contribution is 0.480. The predicted octanol–water partition coefficient (Wildman–Crippen LogP) is 1.57. The van der Waals surface area contributed by atoms with Gasteiger partial charge in [0.1, 0.15) is 0 Å². The molecule has 0 fully saturated rings. The highest BCUT2D eigenvalue weighted by atomic mass is 33.5. The Morgan fingerprint density at radius 1 is 0.765 bits per heavy atom. The van der Waals surface area contributed by atoms with E-state index in [2.05, 4.69) is 0 Å². The maximum Gasteiger partial charge on any atom is 0.264 e. The standard InChI is InChI=1S/C6H14O6S5/c7-16(8,9)5-1-3-13-15-14-4-2-6-17(10,11)12/h1-6H2,(H,7,8,9)(H,10,11,12). The molecular formula is C6H14O6S5. The first-order chi connectivity index (χ1) is 7.71. The Labute approximate surface area is 113 Å². The molecule has 0 aromatic heterocycles. The molecule has 0 aliphatic carbocycles. The van der Waals surface area contributed by atoms with Crippen molar-refractivity contribution in [2.24, 2.45) is 0 Å². The molecule has 17 heavy (non-hydrogen) atoms. The third-order valence-electron chi connectivity index (χ3n) is 1.36. The summed E-state index contributed by atoms with van der Waals surface area (Å²) in [5, 5.41) is 0. The van der Waals surface area contributed by atoms with Gasteiger partial charge in [0.2, 0.25) is 0 Å². The van der Waals surface area contributed by atoms with Crippen LogP contribution in [0.15, 0.2) is 0 Å². The molecule has 0 unspecified atom stereocenters. The van der Waals surface area contributed by atoms with Crippen LogP contribution in [0.4, 0.5) is 0 Å². The largest absolute Gasteiger partial charge is 0.286 e. The van der Waals surface area contributed by atoms with Gasteiger partial charge in [-0.3, -0.25) is 9.11 Å². The molecule has 0 atom stereocenters. The third-order valence-corrected chi connectivity index (χ3v) is 7.38. The van der Waals surface area contributed by atoms with Gasteiger partial charge < -0.3 is 0 Å². The summed E-state index contributed by atoms with van der Waals surface area (Å²) in [4.78, 5) is 0. The lowest BCUT2D eigenvalue weighted by Gasteiger charge is -2.00. The molecule has 0 radical (unpaired) electrons. The molecule has 104 valence electrons. The van der Waals surface area contributed by atoms with E-state index in [9.17, 15) is 16.8 Å². The number of rotatable bonds is 10. The van der Waals surface area contributed by atoms with Gasteiger partial charge in [-0.25, -0.2) is 0 Å². The van der Waals surface area contributed by atoms with Crippen LogP contribution in [-0.4, -0.2) is 49.0 Å². The molecule has 0 spiro atoms. The first kappa shape index (κ1) is 17.9. The molecule has 0 saturated heterocycles. The molecule has 6 nitrogen and oxygen atoms in total. The normalized spacial score (nSPS) is 12.8. The van der Waals surface area contributed by atoms with Gasteiger partial charge in [-0.1, -0.05) is 21.6 Å². The summed E-state index contributed by atoms with van der Waals surface area (Å²) in [6.07, 6.45) is 0.754. The van der Waals surface area contributed by atoms with Crippen molar-refractivity contribution < 1.29 is 25.9 Å². The van der Waals surface area contributed by atoms with Gasteiger partial charge in [-0.2, -0.15) is 16.8 Å². The van der Waals surface area contributed by atoms with Crippen molar-refractivity contribution in [2.45, 2.75) is 12.8 Å². The molecule has 2 N–H and O–H groups in total. The Balaban J connectivity index is 3.25. The van der Waals surface area contributed by atoms with E-state index in [1.165, 1.54) is 31.4 Å². The first-order valence-electron chi connectivity index (χ1n) is 4.52. The fourth-order valence-corrected chi connectivity index (χ4v) is 5.97. The van der Waals surface area contributed by atoms with Crippen molar-refractivity contribution in [1.82, 2.24) is 0 Å². The highest BCUT2D eigenvalue weighted by Crippen LogP contribution is 2.35. The number of hydrogen-bond donors (Lipinski definition) is 2. The highest BCUT2D eigenvalue weighted by molar-refractivity contribution is 9.09. The number of hydrogen-bond acceptors (Lipinski definition) is 7. The molecule has 0 aliphatic rings. The molecule has 0 saturated carbocycles. The minimum atomic E-state index is -3.87. The van der Waals surface area contributed by atoms with Crippen LogP contribution in [0.1, 0.15) is 12.8 Å². The fraction of sp³-hybridized carbons (Fsp3) is 1.00. The van der Waals surface area contributed by atoms with Crippen LogP contribution in [0.3, 0.4) is 0 Å². The Morgan fingerprint density at radius 3 is 1.41 bits per heavy atom. The molecule has 0 rings (SSSR count). The summed E-state index contributed by atoms with van der Waals surface area (Å²) in [6, 6.07) is 0. The van der Waals surface area contributed by atoms with Crippen LogP contribution < -0.4 is 0 Å². The summed E-state index contributed by atoms with van der Waals surface area (Å²) in [7, 11) is -3.41. The van der Waals surface area contributed by atoms with Crippen LogP contribution >= 0.6 is 31.4 Å². The van der Waals surface area contributed by atoms with Crippen LogP contribution in [0.2, 0.25) is 0 Å². The minimum absolute atomic E-state index is 0.242. The van der Waals surface area contributed by atoms with Crippen LogP contribution in [0.5, 0.6) is 0 Å². The Morgan fingerprint density at radius 2 is 1.12 bits per heavy atom. The second-order valence-corrected chi connectivity index (χ2v) is 10.6. The van der Waals surface area contributed by atoms with Crippen molar-refractivity contribution in [3.05, 3.63) is 0 Å². The van der Waals surface area contributed by atoms with Gasteiger partial charge in [0.05, 0.1) is 11.5 Å². The topological polar surface area (TPSA) is 109 Å². The predicted molar refractivity (Wildman–Crippen MR) is 74.6 cm³/mol. The Hall–Kier alpha value is 0.870. The van der Waals surface area contributed by atoms with E-state index in [0.717, 1.165) is 0 Å². The van der Waals surface area contributed by atoms with E-state index in [0.29, 0.717) is 24.3 Å². The summed E-state index contributed by atoms with van der Waals surface area (Å²) in [5.41, 5.74) is 0. The van der Waals surface area contributed by atoms with Crippen LogP contribution in [0.25, 0.3) is 0 Å². The van der Waals surface area contributed by atoms with Gasteiger partial charge in [0.25, 0.3) is 20.2 Å². The zero-order chi connectivity index (χ0) is 13.4. The van der Waals surface area contributed by atoms with E-state index in [1.54, 1.807) is 0 Å². The van der Waals surface area contributed by atoms with Crippen LogP contribution in [0, 0.1) is 0 Å². The van der Waals surface area contributed by atoms with E-state index in [-0.39, 0.29) is 11.5 Å². The van der Waals surface area contributed by atoms with Gasteiger partial charge in [-0.15, -0.1) is 0 Å². The molecular weight excluding hydrogens is 328 g/mol. The molecule has 11 heteroatoms. The maximum absolute atomic E-state index is 10.4. The van der Waals surface area contributed by atoms with Crippen molar-refractivity contribution >= 4 is 51.6 Å². The van der Waals surface area contributed by atoms with E-state index < -0.39 is 20.2 Å². The van der Waals surface area contributed by atoms with Crippen LogP contribution in [-0.2, 0) is 20.2 Å². The van der Waals surface area contributed by atoms with Gasteiger partial charge in [0, 0.05) is 11.5 Å². The minimum Gasteiger partial charge on any atom is -0.286 e. The summed E-state index contributed by atoms with van der Waals surface area (Å²) in [5.74, 6) is 0.702. The van der Waals surface area contributed by atoms with Crippen molar-refractivity contribution in [3.8, 4) is 0 Å². The second-order valence-electron chi connectivity index (χ2n) is 2.99. The molecule has 0 heterocycles. The smallest absolute Gasteiger partial charge is 0.264 e. The lowest BCUT2D eigenvalue weighted by atomic mass is 10.6. The fourth-order valence-electron chi connectivity index (χ4n) is 0.703. The summed E-state index contributed by atoms with van der Waals surface area (Å²) >= 11 is 0. The Bertz CT molecular complexity index is 349. The molecule has 0 amide bonds. The second kappa shape index (κ2) is 8.88. The Kier molecular flexibility index (Phi) is 9.34. The average Bonchev–Trinajstić information content (AvgIpc) is 2.11. The van der Waals surface area contributed by atoms with Gasteiger partial charge in [-0.05, 0) is 22.7 Å². The van der Waals surface area contributed by atoms with E-state index >= 15 is 0 Å². The zero-order valence-electron chi connectivity index (χ0n) is 8.81. The average molecular weight is 343 g/mol. The molecule has 0 aromatic rings. The SMILES string of the molecule is O=S(=O)(O)CCCSSSCCCS(=O)(=O)O. The van der Waals surface area contributed by atoms with Crippen molar-refractivity contribution in [2.75, 3.05) is 23.0 Å². The van der Waals surface area contributed by atoms with E-state index in [4.69, 9.17) is 9.11 Å². The summed E-state index contributed by atoms with van der Waals surface area (Å²) < 4.78 is 58.3. The van der Waals surface area contributed by atoms with Crippen molar-refractivity contribution in [3.63, 3.8) is 0 Å². The molecule has 0 aliphatic heterocycles. The monoisotopic (exact) mass is 342 g/mol. The molecule has 0 bridgehead atoms. The highest BCUT2D eigenvalue weighted by Gasteiger charge is 2.05. The van der Waals surface area contributed by atoms with E-state index in [1.807, 2.05) is 0 Å². The van der Waals surface area contributed by atoms with Gasteiger partial charge >= 0.3 is 0 Å². The third kappa shape index (κ3) is 16.9. The lowest BCUT2D eigenvalue weighted by Crippen LogP contribution is -2.04. The van der Waals surface area contributed by atoms with Gasteiger partial charge in [0.15, 0.2) is 0 Å². The quantitative estimate of drug-likeness (QED) is 0.347. The zero-order valence-corrected chi connectivity index (χ0v) is 12.9. The summed E-state index contributed by atoms with van der Waals surface area (Å²) in [6.45, 7) is 0. The maximum atomic E-state index is 10.4. The first-order valence-corrected chi connectivity index (χ1v) is 11.6. The molecule has 0 aromatic carbocycles. The van der Waals surface area contributed by atoms with Crippen molar-refractivity contribution in [1.29, 1.82) is 0 Å².